The van der Waals surface area contributed by atoms with E-state index in [-0.39, 0.29) is 12.0 Å². The van der Waals surface area contributed by atoms with E-state index in [1.54, 1.807) is 14.2 Å². The van der Waals surface area contributed by atoms with Crippen LogP contribution < -0.4 is 20.3 Å². The number of nitrogens with zero attached hydrogens (tertiary/aromatic N) is 2. The number of nitrogens with one attached hydrogen (secondary N) is 2. The van der Waals surface area contributed by atoms with Crippen LogP contribution in [0.2, 0.25) is 0 Å². The third-order valence-electron chi connectivity index (χ3n) is 5.67. The Balaban J connectivity index is 1.63. The Labute approximate surface area is 195 Å². The van der Waals surface area contributed by atoms with Gasteiger partial charge >= 0.3 is 0 Å². The van der Waals surface area contributed by atoms with E-state index in [1.165, 1.54) is 0 Å². The lowest BCUT2D eigenvalue weighted by Gasteiger charge is -2.19. The van der Waals surface area contributed by atoms with Crippen LogP contribution in [-0.4, -0.2) is 72.2 Å². The van der Waals surface area contributed by atoms with Crippen molar-refractivity contribution < 1.29 is 19.0 Å². The highest BCUT2D eigenvalue weighted by molar-refractivity contribution is 5.81. The lowest BCUT2D eigenvalue weighted by Crippen LogP contribution is -2.46. The number of carbonyl (C=O) groups is 1. The Morgan fingerprint density at radius 2 is 1.94 bits per heavy atom. The third kappa shape index (κ3) is 6.45. The molecule has 2 aromatic rings. The Morgan fingerprint density at radius 3 is 2.58 bits per heavy atom. The second-order valence-electron chi connectivity index (χ2n) is 8.21. The predicted molar refractivity (Wildman–Crippen MR) is 127 cm³/mol. The first-order chi connectivity index (χ1) is 15.9. The standard InChI is InChI=1S/C25H32N4O4/c1-29(2)22-12-19(9-10-23(22)32-4)18-7-5-17(6-8-18)11-20(13-26)28-25(30)24-15-27-14-21(31-3)16-33-24/h5-10,12,20-21,24,27H,11,14-16H2,1-4H3,(H,28,30)/t20-,21-,24-/m0/s1. The van der Waals surface area contributed by atoms with Crippen molar-refractivity contribution in [1.29, 1.82) is 5.26 Å². The molecule has 1 aliphatic rings. The van der Waals surface area contributed by atoms with Crippen molar-refractivity contribution in [3.8, 4) is 22.9 Å². The molecule has 2 N–H and O–H groups in total. The predicted octanol–water partition coefficient (Wildman–Crippen LogP) is 1.98. The third-order valence-corrected chi connectivity index (χ3v) is 5.67. The summed E-state index contributed by atoms with van der Waals surface area (Å²) in [5.41, 5.74) is 4.10. The van der Waals surface area contributed by atoms with Gasteiger partial charge in [0.1, 0.15) is 17.9 Å². The first-order valence-electron chi connectivity index (χ1n) is 10.9. The van der Waals surface area contributed by atoms with Gasteiger partial charge in [-0.25, -0.2) is 0 Å². The molecule has 8 heteroatoms. The molecule has 1 saturated heterocycles. The summed E-state index contributed by atoms with van der Waals surface area (Å²) in [6.45, 7) is 1.34. The van der Waals surface area contributed by atoms with Crippen LogP contribution in [0, 0.1) is 11.3 Å². The number of hydrogen-bond donors (Lipinski definition) is 2. The average Bonchev–Trinajstić information content (AvgIpc) is 3.09. The molecule has 0 saturated carbocycles. The molecule has 1 amide bonds. The van der Waals surface area contributed by atoms with Gasteiger partial charge in [0.05, 0.1) is 31.6 Å². The van der Waals surface area contributed by atoms with Crippen molar-refractivity contribution in [2.24, 2.45) is 0 Å². The van der Waals surface area contributed by atoms with Crippen LogP contribution in [0.25, 0.3) is 11.1 Å². The zero-order valence-electron chi connectivity index (χ0n) is 19.6. The molecular weight excluding hydrogens is 420 g/mol. The summed E-state index contributed by atoms with van der Waals surface area (Å²) in [6, 6.07) is 15.6. The summed E-state index contributed by atoms with van der Waals surface area (Å²) >= 11 is 0. The molecular formula is C25H32N4O4. The monoisotopic (exact) mass is 452 g/mol. The fraction of sp³-hybridized carbons (Fsp3) is 0.440. The van der Waals surface area contributed by atoms with Gasteiger partial charge in [0.15, 0.2) is 0 Å². The topological polar surface area (TPSA) is 95.8 Å². The van der Waals surface area contributed by atoms with E-state index in [4.69, 9.17) is 14.2 Å². The normalized spacial score (nSPS) is 19.1. The van der Waals surface area contributed by atoms with E-state index in [9.17, 15) is 10.1 Å². The van der Waals surface area contributed by atoms with Crippen molar-refractivity contribution in [2.75, 3.05) is 52.9 Å². The van der Waals surface area contributed by atoms with Gasteiger partial charge in [-0.1, -0.05) is 30.3 Å². The summed E-state index contributed by atoms with van der Waals surface area (Å²) in [6.07, 6.45) is -0.327. The number of amides is 1. The van der Waals surface area contributed by atoms with Gasteiger partial charge < -0.3 is 29.7 Å². The maximum Gasteiger partial charge on any atom is 0.251 e. The lowest BCUT2D eigenvalue weighted by molar-refractivity contribution is -0.133. The average molecular weight is 453 g/mol. The largest absolute Gasteiger partial charge is 0.495 e. The SMILES string of the molecule is COc1ccc(-c2ccc(C[C@@H](C#N)NC(=O)[C@@H]3CNC[C@H](OC)CO3)cc2)cc1N(C)C. The second-order valence-corrected chi connectivity index (χ2v) is 8.21. The van der Waals surface area contributed by atoms with Crippen LogP contribution in [-0.2, 0) is 20.7 Å². The van der Waals surface area contributed by atoms with Crippen molar-refractivity contribution in [3.63, 3.8) is 0 Å². The molecule has 1 aliphatic heterocycles. The Bertz CT molecular complexity index is 971. The molecule has 2 aromatic carbocycles. The second kappa shape index (κ2) is 11.7. The number of anilines is 1. The number of methoxy groups -OCH3 is 2. The lowest BCUT2D eigenvalue weighted by atomic mass is 10.00. The summed E-state index contributed by atoms with van der Waals surface area (Å²) in [4.78, 5) is 14.6. The van der Waals surface area contributed by atoms with E-state index in [0.717, 1.165) is 28.1 Å². The Hall–Kier alpha value is -3.12. The van der Waals surface area contributed by atoms with E-state index in [2.05, 4.69) is 22.8 Å². The molecule has 1 fully saturated rings. The van der Waals surface area contributed by atoms with Crippen LogP contribution in [0.15, 0.2) is 42.5 Å². The van der Waals surface area contributed by atoms with Gasteiger partial charge in [0.2, 0.25) is 0 Å². The number of rotatable bonds is 8. The highest BCUT2D eigenvalue weighted by atomic mass is 16.5. The van der Waals surface area contributed by atoms with Gasteiger partial charge in [-0.05, 0) is 28.8 Å². The van der Waals surface area contributed by atoms with Gasteiger partial charge in [-0.2, -0.15) is 5.26 Å². The van der Waals surface area contributed by atoms with Gasteiger partial charge in [0.25, 0.3) is 5.91 Å². The number of hydrogen-bond acceptors (Lipinski definition) is 7. The minimum atomic E-state index is -0.649. The van der Waals surface area contributed by atoms with Crippen molar-refractivity contribution in [3.05, 3.63) is 48.0 Å². The summed E-state index contributed by atoms with van der Waals surface area (Å²) in [5.74, 6) is 0.524. The minimum Gasteiger partial charge on any atom is -0.495 e. The molecule has 0 aliphatic carbocycles. The molecule has 3 rings (SSSR count). The number of benzene rings is 2. The zero-order chi connectivity index (χ0) is 23.8. The summed E-state index contributed by atoms with van der Waals surface area (Å²) in [7, 11) is 7.24. The maximum absolute atomic E-state index is 12.6. The molecule has 0 aromatic heterocycles. The molecule has 0 unspecified atom stereocenters. The molecule has 176 valence electrons. The molecule has 33 heavy (non-hydrogen) atoms. The van der Waals surface area contributed by atoms with Gasteiger partial charge in [-0.15, -0.1) is 0 Å². The maximum atomic E-state index is 12.6. The fourth-order valence-electron chi connectivity index (χ4n) is 3.72. The van der Waals surface area contributed by atoms with E-state index < -0.39 is 12.1 Å². The van der Waals surface area contributed by atoms with Crippen molar-refractivity contribution >= 4 is 11.6 Å². The Morgan fingerprint density at radius 1 is 1.21 bits per heavy atom. The number of nitriles is 1. The summed E-state index contributed by atoms with van der Waals surface area (Å²) in [5, 5.41) is 15.5. The van der Waals surface area contributed by atoms with E-state index in [0.29, 0.717) is 26.1 Å². The number of ether oxygens (including phenoxy) is 3. The van der Waals surface area contributed by atoms with Gasteiger partial charge in [-0.3, -0.25) is 4.79 Å². The summed E-state index contributed by atoms with van der Waals surface area (Å²) < 4.78 is 16.4. The first kappa shape index (κ1) is 24.5. The van der Waals surface area contributed by atoms with Crippen molar-refractivity contribution in [2.45, 2.75) is 24.7 Å². The molecule has 1 heterocycles. The van der Waals surface area contributed by atoms with Crippen LogP contribution in [0.3, 0.4) is 0 Å². The molecule has 3 atom stereocenters. The van der Waals surface area contributed by atoms with Crippen LogP contribution in [0.5, 0.6) is 5.75 Å². The van der Waals surface area contributed by atoms with E-state index >= 15 is 0 Å². The zero-order valence-corrected chi connectivity index (χ0v) is 19.6. The van der Waals surface area contributed by atoms with Crippen LogP contribution in [0.4, 0.5) is 5.69 Å². The molecule has 0 spiro atoms. The highest BCUT2D eigenvalue weighted by Crippen LogP contribution is 2.32. The van der Waals surface area contributed by atoms with Crippen LogP contribution in [0.1, 0.15) is 5.56 Å². The smallest absolute Gasteiger partial charge is 0.251 e. The first-order valence-corrected chi connectivity index (χ1v) is 10.9. The molecule has 0 radical (unpaired) electrons. The fourth-order valence-corrected chi connectivity index (χ4v) is 3.72. The van der Waals surface area contributed by atoms with Crippen molar-refractivity contribution in [1.82, 2.24) is 10.6 Å². The van der Waals surface area contributed by atoms with Gasteiger partial charge in [0, 0.05) is 40.7 Å². The molecule has 8 nitrogen and oxygen atoms in total. The molecule has 0 bridgehead atoms. The Kier molecular flexibility index (Phi) is 8.66. The minimum absolute atomic E-state index is 0.0902. The van der Waals surface area contributed by atoms with Crippen LogP contribution >= 0.6 is 0 Å². The quantitative estimate of drug-likeness (QED) is 0.632. The number of carbonyl (C=O) groups excluding carboxylic acids is 1. The van der Waals surface area contributed by atoms with E-state index in [1.807, 2.05) is 55.4 Å². The highest BCUT2D eigenvalue weighted by Gasteiger charge is 2.26.